The van der Waals surface area contributed by atoms with E-state index < -0.39 is 17.8 Å². The van der Waals surface area contributed by atoms with Crippen LogP contribution < -0.4 is 0 Å². The minimum Gasteiger partial charge on any atom is -0.382 e. The number of H-pyrrole nitrogens is 1. The Kier molecular flexibility index (Phi) is 3.92. The van der Waals surface area contributed by atoms with E-state index in [-0.39, 0.29) is 0 Å². The number of alkyl halides is 3. The van der Waals surface area contributed by atoms with Crippen LogP contribution in [0.15, 0.2) is 36.4 Å². The number of aromatic amines is 1. The molecule has 0 radical (unpaired) electrons. The second-order valence-electron chi connectivity index (χ2n) is 6.18. The highest BCUT2D eigenvalue weighted by Gasteiger charge is 2.31. The van der Waals surface area contributed by atoms with Gasteiger partial charge in [0.2, 0.25) is 0 Å². The van der Waals surface area contributed by atoms with Crippen LogP contribution in [0.25, 0.3) is 10.9 Å². The van der Waals surface area contributed by atoms with Gasteiger partial charge in [-0.1, -0.05) is 18.2 Å². The van der Waals surface area contributed by atoms with E-state index in [2.05, 4.69) is 4.98 Å². The average Bonchev–Trinajstić information content (AvgIpc) is 2.90. The van der Waals surface area contributed by atoms with Gasteiger partial charge in [0.25, 0.3) is 0 Å². The fourth-order valence-electron chi connectivity index (χ4n) is 3.17. The quantitative estimate of drug-likeness (QED) is 0.665. The third kappa shape index (κ3) is 2.80. The maximum absolute atomic E-state index is 13.0. The molecule has 5 heteroatoms. The summed E-state index contributed by atoms with van der Waals surface area (Å²) in [6, 6.07) is 9.66. The Morgan fingerprint density at radius 3 is 2.17 bits per heavy atom. The zero-order valence-corrected chi connectivity index (χ0v) is 13.6. The molecule has 0 spiro atoms. The molecule has 1 aromatic heterocycles. The molecule has 0 aliphatic heterocycles. The summed E-state index contributed by atoms with van der Waals surface area (Å²) in [7, 11) is 0. The summed E-state index contributed by atoms with van der Waals surface area (Å²) in [6.07, 6.45) is -5.30. The van der Waals surface area contributed by atoms with Crippen LogP contribution in [0, 0.1) is 20.8 Å². The van der Waals surface area contributed by atoms with E-state index in [0.29, 0.717) is 22.2 Å². The molecule has 1 atom stereocenters. The van der Waals surface area contributed by atoms with E-state index in [1.165, 1.54) is 0 Å². The van der Waals surface area contributed by atoms with Crippen LogP contribution in [0.2, 0.25) is 0 Å². The number of fused-ring (bicyclic) bond motifs is 1. The number of hydrogen-bond donors (Lipinski definition) is 2. The highest BCUT2D eigenvalue weighted by Crippen LogP contribution is 2.35. The molecule has 0 fully saturated rings. The first-order chi connectivity index (χ1) is 11.2. The number of aromatic nitrogens is 1. The van der Waals surface area contributed by atoms with Gasteiger partial charge in [0.05, 0.1) is 5.56 Å². The van der Waals surface area contributed by atoms with Crippen molar-refractivity contribution in [2.24, 2.45) is 0 Å². The molecule has 0 saturated heterocycles. The van der Waals surface area contributed by atoms with Crippen LogP contribution >= 0.6 is 0 Å². The molecule has 0 aliphatic carbocycles. The van der Waals surface area contributed by atoms with Gasteiger partial charge in [0, 0.05) is 16.6 Å². The first-order valence-electron chi connectivity index (χ1n) is 7.63. The van der Waals surface area contributed by atoms with E-state index in [4.69, 9.17) is 0 Å². The van der Waals surface area contributed by atoms with Crippen LogP contribution in [0.5, 0.6) is 0 Å². The van der Waals surface area contributed by atoms with Gasteiger partial charge in [-0.05, 0) is 61.2 Å². The molecule has 1 unspecified atom stereocenters. The van der Waals surface area contributed by atoms with Crippen molar-refractivity contribution in [2.45, 2.75) is 33.1 Å². The lowest BCUT2D eigenvalue weighted by atomic mass is 9.96. The predicted octanol–water partition coefficient (Wildman–Crippen LogP) is 5.19. The normalized spacial score (nSPS) is 13.5. The summed E-state index contributed by atoms with van der Waals surface area (Å²) in [5, 5.41) is 11.4. The minimum absolute atomic E-state index is 0.377. The molecule has 2 aromatic carbocycles. The Labute approximate surface area is 137 Å². The summed E-state index contributed by atoms with van der Waals surface area (Å²) in [4.78, 5) is 2.95. The molecule has 3 aromatic rings. The molecule has 126 valence electrons. The molecular weight excluding hydrogens is 315 g/mol. The van der Waals surface area contributed by atoms with Crippen LogP contribution in [0.4, 0.5) is 13.2 Å². The van der Waals surface area contributed by atoms with Crippen LogP contribution in [-0.4, -0.2) is 10.1 Å². The van der Waals surface area contributed by atoms with Gasteiger partial charge in [-0.15, -0.1) is 0 Å². The summed E-state index contributed by atoms with van der Waals surface area (Å²) < 4.78 is 38.9. The number of halogens is 3. The summed E-state index contributed by atoms with van der Waals surface area (Å²) in [5.41, 5.74) is 3.35. The molecule has 24 heavy (non-hydrogen) atoms. The number of nitrogens with one attached hydrogen (secondary N) is 1. The fourth-order valence-corrected chi connectivity index (χ4v) is 3.17. The van der Waals surface area contributed by atoms with E-state index >= 15 is 0 Å². The Balaban J connectivity index is 2.13. The van der Waals surface area contributed by atoms with Crippen LogP contribution in [0.1, 0.15) is 39.6 Å². The van der Waals surface area contributed by atoms with Gasteiger partial charge in [0.15, 0.2) is 0 Å². The molecule has 1 heterocycles. The van der Waals surface area contributed by atoms with E-state index in [1.54, 1.807) is 13.0 Å². The average molecular weight is 333 g/mol. The second kappa shape index (κ2) is 5.67. The molecule has 0 saturated carbocycles. The molecule has 0 aliphatic rings. The lowest BCUT2D eigenvalue weighted by Crippen LogP contribution is -2.05. The number of benzene rings is 2. The lowest BCUT2D eigenvalue weighted by Gasteiger charge is -2.15. The zero-order chi connectivity index (χ0) is 17.6. The summed E-state index contributed by atoms with van der Waals surface area (Å²) in [5.74, 6) is 0. The largest absolute Gasteiger partial charge is 0.416 e. The van der Waals surface area contributed by atoms with E-state index in [1.807, 2.05) is 32.0 Å². The number of aliphatic hydroxyl groups is 1. The van der Waals surface area contributed by atoms with Gasteiger partial charge < -0.3 is 10.1 Å². The van der Waals surface area contributed by atoms with Crippen molar-refractivity contribution in [1.29, 1.82) is 0 Å². The maximum Gasteiger partial charge on any atom is 0.416 e. The summed E-state index contributed by atoms with van der Waals surface area (Å²) in [6.45, 7) is 5.45. The second-order valence-corrected chi connectivity index (χ2v) is 6.18. The number of aliphatic hydroxyl groups excluding tert-OH is 1. The van der Waals surface area contributed by atoms with Crippen molar-refractivity contribution in [3.63, 3.8) is 0 Å². The molecular formula is C19H18F3NO. The standard InChI is InChI=1S/C19H18F3NO/c1-10-5-4-6-11(2)17(10)18(24)16-9-14-12(3)7-13(19(20,21)22)8-15(14)23-16/h4-9,18,23-24H,1-3H3. The van der Waals surface area contributed by atoms with Crippen molar-refractivity contribution >= 4 is 10.9 Å². The smallest absolute Gasteiger partial charge is 0.382 e. The Morgan fingerprint density at radius 2 is 1.58 bits per heavy atom. The Morgan fingerprint density at radius 1 is 0.958 bits per heavy atom. The zero-order valence-electron chi connectivity index (χ0n) is 13.6. The highest BCUT2D eigenvalue weighted by molar-refractivity contribution is 5.85. The molecule has 0 bridgehead atoms. The minimum atomic E-state index is -4.39. The van der Waals surface area contributed by atoms with Gasteiger partial charge in [0.1, 0.15) is 6.10 Å². The van der Waals surface area contributed by atoms with Crippen molar-refractivity contribution in [1.82, 2.24) is 4.98 Å². The van der Waals surface area contributed by atoms with Crippen LogP contribution in [0.3, 0.4) is 0 Å². The lowest BCUT2D eigenvalue weighted by molar-refractivity contribution is -0.137. The first-order valence-corrected chi connectivity index (χ1v) is 7.63. The van der Waals surface area contributed by atoms with Crippen LogP contribution in [-0.2, 0) is 6.18 Å². The van der Waals surface area contributed by atoms with Crippen molar-refractivity contribution in [3.8, 4) is 0 Å². The fraction of sp³-hybridized carbons (Fsp3) is 0.263. The highest BCUT2D eigenvalue weighted by atomic mass is 19.4. The molecule has 2 N–H and O–H groups in total. The molecule has 2 nitrogen and oxygen atoms in total. The van der Waals surface area contributed by atoms with E-state index in [9.17, 15) is 18.3 Å². The maximum atomic E-state index is 13.0. The Bertz CT molecular complexity index is 889. The predicted molar refractivity (Wildman–Crippen MR) is 88.0 cm³/mol. The SMILES string of the molecule is Cc1cccc(C)c1C(O)c1cc2c(C)cc(C(F)(F)F)cc2[nH]1. The monoisotopic (exact) mass is 333 g/mol. The van der Waals surface area contributed by atoms with Gasteiger partial charge in [-0.2, -0.15) is 13.2 Å². The van der Waals surface area contributed by atoms with Gasteiger partial charge in [-0.25, -0.2) is 0 Å². The van der Waals surface area contributed by atoms with Gasteiger partial charge >= 0.3 is 6.18 Å². The third-order valence-corrected chi connectivity index (χ3v) is 4.40. The topological polar surface area (TPSA) is 36.0 Å². The Hall–Kier alpha value is -2.27. The first kappa shape index (κ1) is 16.6. The molecule has 0 amide bonds. The third-order valence-electron chi connectivity index (χ3n) is 4.40. The van der Waals surface area contributed by atoms with Gasteiger partial charge in [-0.3, -0.25) is 0 Å². The van der Waals surface area contributed by atoms with Crippen molar-refractivity contribution < 1.29 is 18.3 Å². The van der Waals surface area contributed by atoms with Crippen molar-refractivity contribution in [2.75, 3.05) is 0 Å². The number of aryl methyl sites for hydroxylation is 3. The summed E-state index contributed by atoms with van der Waals surface area (Å²) >= 11 is 0. The molecule has 3 rings (SSSR count). The van der Waals surface area contributed by atoms with E-state index in [0.717, 1.165) is 28.8 Å². The van der Waals surface area contributed by atoms with Crippen molar-refractivity contribution in [3.05, 3.63) is 69.9 Å². The number of rotatable bonds is 2. The number of hydrogen-bond acceptors (Lipinski definition) is 1.